The fourth-order valence-corrected chi connectivity index (χ4v) is 6.52. The number of thioether (sulfide) groups is 1. The zero-order chi connectivity index (χ0) is 24.2. The van der Waals surface area contributed by atoms with Gasteiger partial charge in [-0.25, -0.2) is 0 Å². The number of benzene rings is 2. The van der Waals surface area contributed by atoms with Crippen molar-refractivity contribution in [1.82, 2.24) is 10.2 Å². The minimum atomic E-state index is -0.412. The Hall–Kier alpha value is -2.81. The van der Waals surface area contributed by atoms with E-state index in [4.69, 9.17) is 4.74 Å². The molecule has 2 atom stereocenters. The van der Waals surface area contributed by atoms with Crippen molar-refractivity contribution in [3.63, 3.8) is 0 Å². The van der Waals surface area contributed by atoms with Crippen LogP contribution in [0.5, 0.6) is 5.75 Å². The van der Waals surface area contributed by atoms with Gasteiger partial charge in [0.05, 0.1) is 24.5 Å². The lowest BCUT2D eigenvalue weighted by molar-refractivity contribution is -0.118. The minimum Gasteiger partial charge on any atom is -0.508 e. The van der Waals surface area contributed by atoms with Gasteiger partial charge in [0.1, 0.15) is 5.75 Å². The van der Waals surface area contributed by atoms with Crippen LogP contribution in [0.15, 0.2) is 59.0 Å². The summed E-state index contributed by atoms with van der Waals surface area (Å²) in [5, 5.41) is 15.3. The van der Waals surface area contributed by atoms with E-state index in [1.165, 1.54) is 4.91 Å². The topological polar surface area (TPSA) is 90.9 Å². The Bertz CT molecular complexity index is 1110. The third-order valence-electron chi connectivity index (χ3n) is 6.80. The van der Waals surface area contributed by atoms with Crippen LogP contribution in [-0.4, -0.2) is 53.5 Å². The van der Waals surface area contributed by atoms with Crippen LogP contribution in [0.4, 0.5) is 5.69 Å². The average molecular weight is 494 g/mol. The fourth-order valence-electron chi connectivity index (χ4n) is 4.98. The predicted molar refractivity (Wildman–Crippen MR) is 137 cm³/mol. The summed E-state index contributed by atoms with van der Waals surface area (Å²) in [5.41, 5.74) is 3.49. The predicted octanol–water partition coefficient (Wildman–Crippen LogP) is 4.11. The molecular weight excluding hydrogens is 462 g/mol. The molecule has 0 saturated carbocycles. The molecule has 2 aromatic carbocycles. The van der Waals surface area contributed by atoms with Gasteiger partial charge in [0.15, 0.2) is 0 Å². The molecule has 2 heterocycles. The molecular formula is C27H31N3O4S. The van der Waals surface area contributed by atoms with Crippen molar-refractivity contribution in [2.24, 2.45) is 5.92 Å². The van der Waals surface area contributed by atoms with Gasteiger partial charge in [0, 0.05) is 30.9 Å². The number of morpholine rings is 1. The first-order valence-electron chi connectivity index (χ1n) is 12.3. The van der Waals surface area contributed by atoms with Crippen molar-refractivity contribution in [3.05, 3.63) is 70.1 Å². The molecule has 35 heavy (non-hydrogen) atoms. The molecule has 2 unspecified atom stereocenters. The molecule has 184 valence electrons. The number of amides is 2. The molecule has 1 saturated heterocycles. The first-order chi connectivity index (χ1) is 17.1. The van der Waals surface area contributed by atoms with Crippen molar-refractivity contribution < 1.29 is 19.4 Å². The zero-order valence-electron chi connectivity index (χ0n) is 19.7. The zero-order valence-corrected chi connectivity index (χ0v) is 20.5. The lowest BCUT2D eigenvalue weighted by atomic mass is 9.88. The maximum Gasteiger partial charge on any atom is 0.252 e. The van der Waals surface area contributed by atoms with Gasteiger partial charge >= 0.3 is 0 Å². The molecule has 7 nitrogen and oxygen atoms in total. The highest BCUT2D eigenvalue weighted by molar-refractivity contribution is 8.04. The Kier molecular flexibility index (Phi) is 7.41. The van der Waals surface area contributed by atoms with E-state index >= 15 is 0 Å². The Morgan fingerprint density at radius 2 is 1.83 bits per heavy atom. The Labute approximate surface area is 209 Å². The number of anilines is 1. The first kappa shape index (κ1) is 23.9. The molecule has 3 aliphatic rings. The van der Waals surface area contributed by atoms with Gasteiger partial charge in [-0.15, -0.1) is 11.8 Å². The monoisotopic (exact) mass is 493 g/mol. The summed E-state index contributed by atoms with van der Waals surface area (Å²) in [6.07, 6.45) is 4.02. The van der Waals surface area contributed by atoms with Crippen LogP contribution < -0.4 is 10.6 Å². The third kappa shape index (κ3) is 5.72. The first-order valence-corrected chi connectivity index (χ1v) is 13.1. The number of phenols is 1. The normalized spacial score (nSPS) is 22.5. The number of hydrogen-bond acceptors (Lipinski definition) is 6. The molecule has 0 radical (unpaired) electrons. The summed E-state index contributed by atoms with van der Waals surface area (Å²) in [6, 6.07) is 14.2. The van der Waals surface area contributed by atoms with Crippen LogP contribution in [0.25, 0.3) is 0 Å². The van der Waals surface area contributed by atoms with E-state index in [2.05, 4.69) is 15.5 Å². The average Bonchev–Trinajstić information content (AvgIpc) is 3.24. The summed E-state index contributed by atoms with van der Waals surface area (Å²) in [6.45, 7) is 4.05. The number of nitrogens with one attached hydrogen (secondary N) is 2. The lowest BCUT2D eigenvalue weighted by Gasteiger charge is -2.26. The van der Waals surface area contributed by atoms with Crippen molar-refractivity contribution >= 4 is 29.3 Å². The SMILES string of the molecule is O=C(NC1SC2=C(CCCC2)C1C(=O)Nc1ccc(O)cc1)c1cccc(CN2CCOCC2)c1. The second kappa shape index (κ2) is 10.8. The highest BCUT2D eigenvalue weighted by atomic mass is 32.2. The fraction of sp³-hybridized carbons (Fsp3) is 0.407. The van der Waals surface area contributed by atoms with Crippen molar-refractivity contribution in [3.8, 4) is 5.75 Å². The van der Waals surface area contributed by atoms with Gasteiger partial charge in [-0.2, -0.15) is 0 Å². The van der Waals surface area contributed by atoms with Crippen LogP contribution in [0.2, 0.25) is 0 Å². The number of aromatic hydroxyl groups is 1. The van der Waals surface area contributed by atoms with Crippen LogP contribution in [0, 0.1) is 5.92 Å². The maximum absolute atomic E-state index is 13.4. The van der Waals surface area contributed by atoms with E-state index < -0.39 is 5.92 Å². The molecule has 0 spiro atoms. The van der Waals surface area contributed by atoms with Crippen LogP contribution in [-0.2, 0) is 16.1 Å². The quantitative estimate of drug-likeness (QED) is 0.525. The highest BCUT2D eigenvalue weighted by Crippen LogP contribution is 2.48. The number of carbonyl (C=O) groups excluding carboxylic acids is 2. The van der Waals surface area contributed by atoms with Crippen molar-refractivity contribution in [2.75, 3.05) is 31.6 Å². The Morgan fingerprint density at radius 1 is 1.06 bits per heavy atom. The van der Waals surface area contributed by atoms with E-state index in [1.807, 2.05) is 24.3 Å². The molecule has 5 rings (SSSR count). The van der Waals surface area contributed by atoms with Crippen molar-refractivity contribution in [2.45, 2.75) is 37.6 Å². The third-order valence-corrected chi connectivity index (χ3v) is 8.19. The molecule has 2 amide bonds. The maximum atomic E-state index is 13.4. The number of rotatable bonds is 6. The van der Waals surface area contributed by atoms with Gasteiger partial charge in [0.25, 0.3) is 5.91 Å². The lowest BCUT2D eigenvalue weighted by Crippen LogP contribution is -2.42. The second-order valence-electron chi connectivity index (χ2n) is 9.27. The van der Waals surface area contributed by atoms with E-state index in [-0.39, 0.29) is 22.9 Å². The van der Waals surface area contributed by atoms with E-state index in [1.54, 1.807) is 36.0 Å². The smallest absolute Gasteiger partial charge is 0.252 e. The van der Waals surface area contributed by atoms with Gasteiger partial charge < -0.3 is 20.5 Å². The highest BCUT2D eigenvalue weighted by Gasteiger charge is 2.41. The second-order valence-corrected chi connectivity index (χ2v) is 10.5. The molecule has 2 aromatic rings. The molecule has 2 aliphatic heterocycles. The molecule has 0 bridgehead atoms. The van der Waals surface area contributed by atoms with Gasteiger partial charge in [-0.3, -0.25) is 14.5 Å². The van der Waals surface area contributed by atoms with Gasteiger partial charge in [-0.1, -0.05) is 12.1 Å². The van der Waals surface area contributed by atoms with Crippen LogP contribution >= 0.6 is 11.8 Å². The number of nitrogens with zero attached hydrogens (tertiary/aromatic N) is 1. The summed E-state index contributed by atoms with van der Waals surface area (Å²) in [4.78, 5) is 30.2. The standard InChI is InChI=1S/C27H31N3O4S/c31-21-10-8-20(9-11-21)28-26(33)24-22-6-1-2-7-23(22)35-27(24)29-25(32)19-5-3-4-18(16-19)17-30-12-14-34-15-13-30/h3-5,8-11,16,24,27,31H,1-2,6-7,12-15,17H2,(H,28,33)(H,29,32). The molecule has 8 heteroatoms. The van der Waals surface area contributed by atoms with Crippen molar-refractivity contribution in [1.29, 1.82) is 0 Å². The Morgan fingerprint density at radius 3 is 2.63 bits per heavy atom. The summed E-state index contributed by atoms with van der Waals surface area (Å²) in [7, 11) is 0. The molecule has 1 aliphatic carbocycles. The van der Waals surface area contributed by atoms with Crippen LogP contribution in [0.3, 0.4) is 0 Å². The van der Waals surface area contributed by atoms with E-state index in [9.17, 15) is 14.7 Å². The largest absolute Gasteiger partial charge is 0.508 e. The van der Waals surface area contributed by atoms with E-state index in [0.717, 1.165) is 69.7 Å². The molecule has 0 aromatic heterocycles. The van der Waals surface area contributed by atoms with Crippen LogP contribution in [0.1, 0.15) is 41.6 Å². The molecule has 1 fully saturated rings. The summed E-state index contributed by atoms with van der Waals surface area (Å²) < 4.78 is 5.43. The number of allylic oxidation sites excluding steroid dienone is 1. The number of hydrogen-bond donors (Lipinski definition) is 3. The van der Waals surface area contributed by atoms with Gasteiger partial charge in [-0.05, 0) is 78.1 Å². The Balaban J connectivity index is 1.29. The summed E-state index contributed by atoms with van der Waals surface area (Å²) in [5.74, 6) is -0.544. The minimum absolute atomic E-state index is 0.124. The van der Waals surface area contributed by atoms with Gasteiger partial charge in [0.2, 0.25) is 5.91 Å². The number of phenolic OH excluding ortho intramolecular Hbond substituents is 1. The number of carbonyl (C=O) groups is 2. The van der Waals surface area contributed by atoms with E-state index in [0.29, 0.717) is 11.3 Å². The number of ether oxygens (including phenoxy) is 1. The summed E-state index contributed by atoms with van der Waals surface area (Å²) >= 11 is 1.62. The molecule has 3 N–H and O–H groups in total.